The second-order valence-electron chi connectivity index (χ2n) is 7.06. The van der Waals surface area contributed by atoms with Crippen LogP contribution in [0.15, 0.2) is 53.4 Å². The Hall–Kier alpha value is -2.13. The maximum absolute atomic E-state index is 13.3. The number of halogens is 1. The fourth-order valence-corrected chi connectivity index (χ4v) is 4.85. The van der Waals surface area contributed by atoms with Crippen molar-refractivity contribution < 1.29 is 17.9 Å². The normalized spacial score (nSPS) is 15.0. The molecule has 1 heterocycles. The first-order valence-electron chi connectivity index (χ1n) is 9.78. The number of sulfonamides is 1. The summed E-state index contributed by atoms with van der Waals surface area (Å²) in [6.07, 6.45) is 0. The van der Waals surface area contributed by atoms with Gasteiger partial charge in [-0.15, -0.1) is 0 Å². The molecule has 30 heavy (non-hydrogen) atoms. The van der Waals surface area contributed by atoms with Crippen molar-refractivity contribution in [1.29, 1.82) is 0 Å². The first kappa shape index (κ1) is 22.6. The Labute approximate surface area is 182 Å². The Morgan fingerprint density at radius 3 is 2.47 bits per heavy atom. The number of hydrogen-bond donors (Lipinski definition) is 1. The smallest absolute Gasteiger partial charge is 0.264 e. The van der Waals surface area contributed by atoms with Crippen LogP contribution in [0.3, 0.4) is 0 Å². The first-order chi connectivity index (χ1) is 14.4. The van der Waals surface area contributed by atoms with E-state index in [0.29, 0.717) is 37.0 Å². The Morgan fingerprint density at radius 2 is 1.80 bits per heavy atom. The van der Waals surface area contributed by atoms with Crippen LogP contribution >= 0.6 is 11.6 Å². The van der Waals surface area contributed by atoms with E-state index in [2.05, 4.69) is 10.2 Å². The van der Waals surface area contributed by atoms with Crippen molar-refractivity contribution in [3.8, 4) is 0 Å². The van der Waals surface area contributed by atoms with E-state index in [9.17, 15) is 13.2 Å². The van der Waals surface area contributed by atoms with Crippen LogP contribution in [-0.2, 0) is 19.6 Å². The number of morpholine rings is 1. The van der Waals surface area contributed by atoms with Crippen molar-refractivity contribution >= 4 is 33.2 Å². The van der Waals surface area contributed by atoms with E-state index < -0.39 is 10.0 Å². The molecule has 0 aliphatic carbocycles. The standard InChI is InChI=1S/C21H26ClN3O4S/c1-17-4-2-3-5-20(17)25(30(27,28)19-8-6-18(22)7-9-19)16-21(26)23-10-11-24-12-14-29-15-13-24/h2-9H,10-16H2,1H3,(H,23,26). The molecule has 1 aliphatic heterocycles. The molecular weight excluding hydrogens is 426 g/mol. The van der Waals surface area contributed by atoms with Crippen LogP contribution in [-0.4, -0.2) is 65.2 Å². The number of hydrogen-bond acceptors (Lipinski definition) is 5. The van der Waals surface area contributed by atoms with E-state index in [1.807, 2.05) is 19.1 Å². The quantitative estimate of drug-likeness (QED) is 0.666. The molecule has 1 fully saturated rings. The summed E-state index contributed by atoms with van der Waals surface area (Å²) >= 11 is 5.90. The number of rotatable bonds is 8. The third kappa shape index (κ3) is 5.72. The number of carbonyl (C=O) groups excluding carboxylic acids is 1. The monoisotopic (exact) mass is 451 g/mol. The van der Waals surface area contributed by atoms with Crippen molar-refractivity contribution in [1.82, 2.24) is 10.2 Å². The topological polar surface area (TPSA) is 79.0 Å². The van der Waals surface area contributed by atoms with Gasteiger partial charge in [-0.2, -0.15) is 0 Å². The minimum Gasteiger partial charge on any atom is -0.379 e. The maximum Gasteiger partial charge on any atom is 0.264 e. The largest absolute Gasteiger partial charge is 0.379 e. The zero-order chi connectivity index (χ0) is 21.6. The molecule has 0 aromatic heterocycles. The molecule has 9 heteroatoms. The highest BCUT2D eigenvalue weighted by Crippen LogP contribution is 2.27. The Balaban J connectivity index is 1.75. The highest BCUT2D eigenvalue weighted by molar-refractivity contribution is 7.92. The van der Waals surface area contributed by atoms with Gasteiger partial charge in [0, 0.05) is 31.2 Å². The van der Waals surface area contributed by atoms with Crippen molar-refractivity contribution in [3.63, 3.8) is 0 Å². The van der Waals surface area contributed by atoms with Gasteiger partial charge in [-0.25, -0.2) is 8.42 Å². The second kappa shape index (κ2) is 10.3. The van der Waals surface area contributed by atoms with Crippen LogP contribution in [0.25, 0.3) is 0 Å². The van der Waals surface area contributed by atoms with Crippen molar-refractivity contribution in [3.05, 3.63) is 59.1 Å². The summed E-state index contributed by atoms with van der Waals surface area (Å²) in [5, 5.41) is 3.28. The van der Waals surface area contributed by atoms with Gasteiger partial charge in [0.15, 0.2) is 0 Å². The lowest BCUT2D eigenvalue weighted by atomic mass is 10.2. The Morgan fingerprint density at radius 1 is 1.13 bits per heavy atom. The number of nitrogens with one attached hydrogen (secondary N) is 1. The first-order valence-corrected chi connectivity index (χ1v) is 11.6. The summed E-state index contributed by atoms with van der Waals surface area (Å²) in [4.78, 5) is 14.9. The molecule has 2 aromatic carbocycles. The third-order valence-corrected chi connectivity index (χ3v) is 6.95. The van der Waals surface area contributed by atoms with Gasteiger partial charge in [0.2, 0.25) is 5.91 Å². The molecule has 2 aromatic rings. The minimum atomic E-state index is -3.95. The van der Waals surface area contributed by atoms with Gasteiger partial charge in [-0.05, 0) is 42.8 Å². The summed E-state index contributed by atoms with van der Waals surface area (Å²) in [5.41, 5.74) is 1.23. The van der Waals surface area contributed by atoms with E-state index in [4.69, 9.17) is 16.3 Å². The molecule has 0 saturated carbocycles. The minimum absolute atomic E-state index is 0.0799. The molecule has 0 radical (unpaired) electrons. The summed E-state index contributed by atoms with van der Waals surface area (Å²) < 4.78 is 33.1. The molecule has 0 spiro atoms. The van der Waals surface area contributed by atoms with Gasteiger partial charge >= 0.3 is 0 Å². The van der Waals surface area contributed by atoms with Gasteiger partial charge < -0.3 is 10.1 Å². The number of ether oxygens (including phenoxy) is 1. The molecule has 7 nitrogen and oxygen atoms in total. The van der Waals surface area contributed by atoms with E-state index >= 15 is 0 Å². The summed E-state index contributed by atoms with van der Waals surface area (Å²) in [7, 11) is -3.95. The van der Waals surface area contributed by atoms with E-state index in [1.165, 1.54) is 24.3 Å². The van der Waals surface area contributed by atoms with Crippen LogP contribution in [0.1, 0.15) is 5.56 Å². The fraction of sp³-hybridized carbons (Fsp3) is 0.381. The van der Waals surface area contributed by atoms with Crippen molar-refractivity contribution in [2.24, 2.45) is 0 Å². The molecule has 1 amide bonds. The second-order valence-corrected chi connectivity index (χ2v) is 9.35. The maximum atomic E-state index is 13.3. The van der Waals surface area contributed by atoms with Gasteiger partial charge in [-0.3, -0.25) is 14.0 Å². The number of benzene rings is 2. The number of anilines is 1. The fourth-order valence-electron chi connectivity index (χ4n) is 3.24. The molecule has 0 atom stereocenters. The van der Waals surface area contributed by atoms with Crippen LogP contribution < -0.4 is 9.62 Å². The predicted octanol–water partition coefficient (Wildman–Crippen LogP) is 2.29. The van der Waals surface area contributed by atoms with E-state index in [-0.39, 0.29) is 17.3 Å². The van der Waals surface area contributed by atoms with Gasteiger partial charge in [0.05, 0.1) is 23.8 Å². The average molecular weight is 452 g/mol. The van der Waals surface area contributed by atoms with Gasteiger partial charge in [-0.1, -0.05) is 29.8 Å². The molecule has 1 saturated heterocycles. The molecule has 162 valence electrons. The summed E-state index contributed by atoms with van der Waals surface area (Å²) in [6, 6.07) is 13.0. The zero-order valence-corrected chi connectivity index (χ0v) is 18.5. The van der Waals surface area contributed by atoms with E-state index in [1.54, 1.807) is 12.1 Å². The number of aryl methyl sites for hydroxylation is 1. The number of para-hydroxylation sites is 1. The number of nitrogens with zero attached hydrogens (tertiary/aromatic N) is 2. The molecule has 0 unspecified atom stereocenters. The highest BCUT2D eigenvalue weighted by atomic mass is 35.5. The molecule has 1 aliphatic rings. The van der Waals surface area contributed by atoms with E-state index in [0.717, 1.165) is 23.0 Å². The van der Waals surface area contributed by atoms with Crippen LogP contribution in [0.2, 0.25) is 5.02 Å². The van der Waals surface area contributed by atoms with Crippen molar-refractivity contribution in [2.75, 3.05) is 50.2 Å². The average Bonchev–Trinajstić information content (AvgIpc) is 2.74. The predicted molar refractivity (Wildman–Crippen MR) is 117 cm³/mol. The van der Waals surface area contributed by atoms with Crippen molar-refractivity contribution in [2.45, 2.75) is 11.8 Å². The molecule has 0 bridgehead atoms. The lowest BCUT2D eigenvalue weighted by molar-refractivity contribution is -0.119. The Kier molecular flexibility index (Phi) is 7.71. The summed E-state index contributed by atoms with van der Waals surface area (Å²) in [5.74, 6) is -0.357. The lowest BCUT2D eigenvalue weighted by Crippen LogP contribution is -2.45. The third-order valence-electron chi connectivity index (χ3n) is 4.93. The molecule has 1 N–H and O–H groups in total. The van der Waals surface area contributed by atoms with Crippen LogP contribution in [0, 0.1) is 6.92 Å². The SMILES string of the molecule is Cc1ccccc1N(CC(=O)NCCN1CCOCC1)S(=O)(=O)c1ccc(Cl)cc1. The highest BCUT2D eigenvalue weighted by Gasteiger charge is 2.28. The Bertz CT molecular complexity index is 960. The van der Waals surface area contributed by atoms with Gasteiger partial charge in [0.25, 0.3) is 10.0 Å². The van der Waals surface area contributed by atoms with Crippen LogP contribution in [0.5, 0.6) is 0 Å². The zero-order valence-electron chi connectivity index (χ0n) is 16.9. The van der Waals surface area contributed by atoms with Gasteiger partial charge in [0.1, 0.15) is 6.54 Å². The summed E-state index contributed by atoms with van der Waals surface area (Å²) in [6.45, 7) is 5.69. The van der Waals surface area contributed by atoms with Crippen LogP contribution in [0.4, 0.5) is 5.69 Å². The number of amides is 1. The molecular formula is C21H26ClN3O4S. The molecule has 3 rings (SSSR count). The lowest BCUT2D eigenvalue weighted by Gasteiger charge is -2.27. The number of carbonyl (C=O) groups is 1.